The quantitative estimate of drug-likeness (QED) is 0.486. The Balaban J connectivity index is 0.00000180. The highest BCUT2D eigenvalue weighted by molar-refractivity contribution is 14.0. The van der Waals surface area contributed by atoms with Crippen LogP contribution in [-0.4, -0.2) is 42.0 Å². The number of guanidine groups is 1. The highest BCUT2D eigenvalue weighted by Crippen LogP contribution is 2.09. The van der Waals surface area contributed by atoms with Gasteiger partial charge in [-0.15, -0.1) is 24.0 Å². The van der Waals surface area contributed by atoms with Gasteiger partial charge in [0.2, 0.25) is 0 Å². The first-order chi connectivity index (χ1) is 8.77. The summed E-state index contributed by atoms with van der Waals surface area (Å²) in [5, 5.41) is 0. The number of nitrogens with two attached hydrogens (primary N) is 1. The molecule has 0 bridgehead atoms. The molecule has 0 atom stereocenters. The van der Waals surface area contributed by atoms with Gasteiger partial charge in [-0.25, -0.2) is 4.39 Å². The van der Waals surface area contributed by atoms with E-state index in [1.165, 1.54) is 6.07 Å². The third-order valence-corrected chi connectivity index (χ3v) is 3.89. The molecular weight excluding hydrogens is 376 g/mol. The molecule has 1 saturated heterocycles. The molecule has 0 saturated carbocycles. The SMILES string of the molecule is I.NC(=NCCc1ccccc1F)N1CCSCC1. The van der Waals surface area contributed by atoms with E-state index in [0.717, 1.165) is 24.6 Å². The second kappa shape index (κ2) is 8.63. The van der Waals surface area contributed by atoms with Crippen LogP contribution in [0, 0.1) is 5.82 Å². The number of aliphatic imine (C=N–C) groups is 1. The monoisotopic (exact) mass is 395 g/mol. The molecule has 0 unspecified atom stereocenters. The van der Waals surface area contributed by atoms with Gasteiger partial charge in [0.25, 0.3) is 0 Å². The molecule has 2 N–H and O–H groups in total. The Labute approximate surface area is 134 Å². The Morgan fingerprint density at radius 2 is 2.00 bits per heavy atom. The molecule has 1 aromatic carbocycles. The summed E-state index contributed by atoms with van der Waals surface area (Å²) in [5.74, 6) is 2.62. The lowest BCUT2D eigenvalue weighted by Crippen LogP contribution is -2.42. The highest BCUT2D eigenvalue weighted by Gasteiger charge is 2.11. The smallest absolute Gasteiger partial charge is 0.191 e. The maximum absolute atomic E-state index is 13.4. The van der Waals surface area contributed by atoms with Crippen molar-refractivity contribution < 1.29 is 4.39 Å². The van der Waals surface area contributed by atoms with Crippen molar-refractivity contribution in [3.05, 3.63) is 35.6 Å². The fourth-order valence-electron chi connectivity index (χ4n) is 1.88. The van der Waals surface area contributed by atoms with Crippen LogP contribution >= 0.6 is 35.7 Å². The summed E-state index contributed by atoms with van der Waals surface area (Å²) in [5.41, 5.74) is 6.62. The first kappa shape index (κ1) is 16.6. The Morgan fingerprint density at radius 1 is 1.32 bits per heavy atom. The van der Waals surface area contributed by atoms with Crippen molar-refractivity contribution in [3.8, 4) is 0 Å². The van der Waals surface area contributed by atoms with Crippen LogP contribution in [0.4, 0.5) is 4.39 Å². The minimum absolute atomic E-state index is 0. The maximum Gasteiger partial charge on any atom is 0.191 e. The van der Waals surface area contributed by atoms with Crippen LogP contribution in [0.1, 0.15) is 5.56 Å². The molecule has 1 aromatic rings. The van der Waals surface area contributed by atoms with Crippen LogP contribution in [0.15, 0.2) is 29.3 Å². The summed E-state index contributed by atoms with van der Waals surface area (Å²) in [6, 6.07) is 6.80. The first-order valence-electron chi connectivity index (χ1n) is 6.13. The Kier molecular flexibility index (Phi) is 7.52. The molecule has 19 heavy (non-hydrogen) atoms. The topological polar surface area (TPSA) is 41.6 Å². The van der Waals surface area contributed by atoms with E-state index >= 15 is 0 Å². The number of rotatable bonds is 3. The lowest BCUT2D eigenvalue weighted by Gasteiger charge is -2.27. The standard InChI is InChI=1S/C13H18FN3S.HI/c14-12-4-2-1-3-11(12)5-6-16-13(15)17-7-9-18-10-8-17;/h1-4H,5-10H2,(H2,15,16);1H. The van der Waals surface area contributed by atoms with E-state index in [1.807, 2.05) is 17.8 Å². The van der Waals surface area contributed by atoms with Gasteiger partial charge < -0.3 is 10.6 Å². The van der Waals surface area contributed by atoms with E-state index < -0.39 is 0 Å². The second-order valence-corrected chi connectivity index (χ2v) is 5.41. The van der Waals surface area contributed by atoms with Crippen LogP contribution < -0.4 is 5.73 Å². The van der Waals surface area contributed by atoms with Crippen LogP contribution in [0.5, 0.6) is 0 Å². The third kappa shape index (κ3) is 5.18. The van der Waals surface area contributed by atoms with Gasteiger partial charge in [0.1, 0.15) is 5.82 Å². The van der Waals surface area contributed by atoms with E-state index in [9.17, 15) is 4.39 Å². The summed E-state index contributed by atoms with van der Waals surface area (Å²) in [6.45, 7) is 2.45. The third-order valence-electron chi connectivity index (χ3n) is 2.95. The zero-order chi connectivity index (χ0) is 12.8. The lowest BCUT2D eigenvalue weighted by molar-refractivity contribution is 0.456. The van der Waals surface area contributed by atoms with Gasteiger partial charge in [-0.2, -0.15) is 11.8 Å². The summed E-state index contributed by atoms with van der Waals surface area (Å²) < 4.78 is 13.4. The van der Waals surface area contributed by atoms with Crippen molar-refractivity contribution >= 4 is 41.7 Å². The predicted molar refractivity (Wildman–Crippen MR) is 90.9 cm³/mol. The number of nitrogens with zero attached hydrogens (tertiary/aromatic N) is 2. The number of thioether (sulfide) groups is 1. The van der Waals surface area contributed by atoms with E-state index in [-0.39, 0.29) is 29.8 Å². The van der Waals surface area contributed by atoms with Gasteiger partial charge in [-0.05, 0) is 18.1 Å². The zero-order valence-electron chi connectivity index (χ0n) is 10.7. The summed E-state index contributed by atoms with van der Waals surface area (Å²) in [7, 11) is 0. The van der Waals surface area contributed by atoms with Crippen molar-refractivity contribution in [2.75, 3.05) is 31.1 Å². The number of hydrogen-bond acceptors (Lipinski definition) is 2. The summed E-state index contributed by atoms with van der Waals surface area (Å²) >= 11 is 1.94. The molecule has 0 aromatic heterocycles. The zero-order valence-corrected chi connectivity index (χ0v) is 13.9. The summed E-state index contributed by atoms with van der Waals surface area (Å²) in [6.07, 6.45) is 0.593. The highest BCUT2D eigenvalue weighted by atomic mass is 127. The summed E-state index contributed by atoms with van der Waals surface area (Å²) in [4.78, 5) is 6.42. The molecule has 1 fully saturated rings. The van der Waals surface area contributed by atoms with Crippen molar-refractivity contribution in [1.82, 2.24) is 4.90 Å². The minimum atomic E-state index is -0.166. The van der Waals surface area contributed by atoms with E-state index in [2.05, 4.69) is 9.89 Å². The molecule has 2 rings (SSSR count). The fraction of sp³-hybridized carbons (Fsp3) is 0.462. The van der Waals surface area contributed by atoms with Crippen molar-refractivity contribution in [2.24, 2.45) is 10.7 Å². The molecule has 106 valence electrons. The van der Waals surface area contributed by atoms with Gasteiger partial charge in [-0.1, -0.05) is 18.2 Å². The van der Waals surface area contributed by atoms with Gasteiger partial charge in [0.15, 0.2) is 5.96 Å². The molecule has 6 heteroatoms. The normalized spacial score (nSPS) is 16.1. The van der Waals surface area contributed by atoms with Gasteiger partial charge in [0, 0.05) is 31.1 Å². The Hall–Kier alpha value is -0.500. The maximum atomic E-state index is 13.4. The second-order valence-electron chi connectivity index (χ2n) is 4.18. The molecule has 1 aliphatic rings. The average molecular weight is 395 g/mol. The predicted octanol–water partition coefficient (Wildman–Crippen LogP) is 2.35. The Morgan fingerprint density at radius 3 is 2.68 bits per heavy atom. The van der Waals surface area contributed by atoms with Gasteiger partial charge in [-0.3, -0.25) is 4.99 Å². The van der Waals surface area contributed by atoms with Crippen molar-refractivity contribution in [3.63, 3.8) is 0 Å². The fourth-order valence-corrected chi connectivity index (χ4v) is 2.79. The Bertz CT molecular complexity index is 422. The number of hydrogen-bond donors (Lipinski definition) is 1. The van der Waals surface area contributed by atoms with Crippen LogP contribution in [-0.2, 0) is 6.42 Å². The molecule has 1 heterocycles. The molecule has 0 spiro atoms. The van der Waals surface area contributed by atoms with Crippen LogP contribution in [0.3, 0.4) is 0 Å². The average Bonchev–Trinajstić information content (AvgIpc) is 2.42. The van der Waals surface area contributed by atoms with Crippen LogP contribution in [0.2, 0.25) is 0 Å². The minimum Gasteiger partial charge on any atom is -0.370 e. The van der Waals surface area contributed by atoms with Crippen molar-refractivity contribution in [1.29, 1.82) is 0 Å². The molecule has 1 aliphatic heterocycles. The van der Waals surface area contributed by atoms with Gasteiger partial charge in [0.05, 0.1) is 0 Å². The largest absolute Gasteiger partial charge is 0.370 e. The van der Waals surface area contributed by atoms with E-state index in [0.29, 0.717) is 24.5 Å². The van der Waals surface area contributed by atoms with E-state index in [1.54, 1.807) is 12.1 Å². The van der Waals surface area contributed by atoms with Crippen LogP contribution in [0.25, 0.3) is 0 Å². The molecule has 0 aliphatic carbocycles. The van der Waals surface area contributed by atoms with Gasteiger partial charge >= 0.3 is 0 Å². The van der Waals surface area contributed by atoms with Crippen molar-refractivity contribution in [2.45, 2.75) is 6.42 Å². The molecule has 3 nitrogen and oxygen atoms in total. The first-order valence-corrected chi connectivity index (χ1v) is 7.29. The molecular formula is C13H19FIN3S. The number of benzene rings is 1. The van der Waals surface area contributed by atoms with E-state index in [4.69, 9.17) is 5.73 Å². The molecule has 0 amide bonds. The lowest BCUT2D eigenvalue weighted by atomic mass is 10.1. The molecule has 0 radical (unpaired) electrons. The number of halogens is 2.